The van der Waals surface area contributed by atoms with Crippen LogP contribution in [0.1, 0.15) is 12.8 Å². The fourth-order valence-electron chi connectivity index (χ4n) is 0.625. The summed E-state index contributed by atoms with van der Waals surface area (Å²) in [5, 5.41) is 3.22. The van der Waals surface area contributed by atoms with E-state index in [9.17, 15) is 0 Å². The van der Waals surface area contributed by atoms with Crippen LogP contribution in [-0.4, -0.2) is 30.7 Å². The molecule has 0 spiro atoms. The molecule has 8 heavy (non-hydrogen) atoms. The second-order valence-corrected chi connectivity index (χ2v) is 2.68. The van der Waals surface area contributed by atoms with Gasteiger partial charge in [-0.1, -0.05) is 0 Å². The molecule has 1 aliphatic heterocycles. The van der Waals surface area contributed by atoms with Gasteiger partial charge in [0.15, 0.2) is 0 Å². The van der Waals surface area contributed by atoms with Crippen LogP contribution < -0.4 is 5.32 Å². The van der Waals surface area contributed by atoms with E-state index in [1.807, 2.05) is 0 Å². The summed E-state index contributed by atoms with van der Waals surface area (Å²) in [6.45, 7) is 2.50. The Labute approximate surface area is 54.2 Å². The van der Waals surface area contributed by atoms with Crippen molar-refractivity contribution < 1.29 is 4.43 Å². The maximum Gasteiger partial charge on any atom is 0.145 e. The fraction of sp³-hybridized carbons (Fsp3) is 1.00. The van der Waals surface area contributed by atoms with Crippen molar-refractivity contribution in [2.45, 2.75) is 12.8 Å². The van der Waals surface area contributed by atoms with E-state index in [2.05, 4.69) is 9.74 Å². The highest BCUT2D eigenvalue weighted by molar-refractivity contribution is 5.97. The van der Waals surface area contributed by atoms with E-state index in [1.54, 1.807) is 7.11 Å². The number of hydrogen-bond acceptors (Lipinski definition) is 2. The average molecular weight is 133 g/mol. The SMILES string of the molecule is C1CCNC1.CO[SiH3]. The first-order chi connectivity index (χ1) is 3.91. The van der Waals surface area contributed by atoms with Gasteiger partial charge in [0.05, 0.1) is 0 Å². The van der Waals surface area contributed by atoms with E-state index < -0.39 is 0 Å². The highest BCUT2D eigenvalue weighted by Gasteiger charge is 1.93. The van der Waals surface area contributed by atoms with E-state index in [1.165, 1.54) is 25.9 Å². The molecule has 1 aliphatic rings. The predicted octanol–water partition coefficient (Wildman–Crippen LogP) is -0.717. The van der Waals surface area contributed by atoms with Gasteiger partial charge >= 0.3 is 0 Å². The van der Waals surface area contributed by atoms with Crippen LogP contribution in [0.25, 0.3) is 0 Å². The summed E-state index contributed by atoms with van der Waals surface area (Å²) < 4.78 is 4.39. The fourth-order valence-corrected chi connectivity index (χ4v) is 0.625. The molecule has 1 fully saturated rings. The number of hydrogen-bond donors (Lipinski definition) is 1. The van der Waals surface area contributed by atoms with Crippen LogP contribution in [0.3, 0.4) is 0 Å². The van der Waals surface area contributed by atoms with Crippen molar-refractivity contribution in [3.05, 3.63) is 0 Å². The van der Waals surface area contributed by atoms with Crippen molar-refractivity contribution in [1.29, 1.82) is 0 Å². The summed E-state index contributed by atoms with van der Waals surface area (Å²) in [5.74, 6) is 0. The molecule has 3 heteroatoms. The zero-order chi connectivity index (χ0) is 6.24. The van der Waals surface area contributed by atoms with E-state index in [4.69, 9.17) is 0 Å². The molecule has 0 unspecified atom stereocenters. The van der Waals surface area contributed by atoms with Gasteiger partial charge in [0.1, 0.15) is 10.5 Å². The molecule has 2 nitrogen and oxygen atoms in total. The Morgan fingerprint density at radius 2 is 1.75 bits per heavy atom. The molecule has 0 aliphatic carbocycles. The van der Waals surface area contributed by atoms with Gasteiger partial charge in [-0.3, -0.25) is 0 Å². The molecule has 1 heterocycles. The van der Waals surface area contributed by atoms with Gasteiger partial charge in [-0.05, 0) is 25.9 Å². The number of nitrogens with one attached hydrogen (secondary N) is 1. The highest BCUT2D eigenvalue weighted by Crippen LogP contribution is 1.90. The first kappa shape index (κ1) is 8.14. The molecule has 0 radical (unpaired) electrons. The van der Waals surface area contributed by atoms with Crippen molar-refractivity contribution in [2.24, 2.45) is 0 Å². The van der Waals surface area contributed by atoms with E-state index in [-0.39, 0.29) is 0 Å². The topological polar surface area (TPSA) is 21.3 Å². The molecule has 1 rings (SSSR count). The highest BCUT2D eigenvalue weighted by atomic mass is 28.2. The molecule has 0 amide bonds. The lowest BCUT2D eigenvalue weighted by atomic mass is 10.4. The minimum absolute atomic E-state index is 0.869. The van der Waals surface area contributed by atoms with Crippen molar-refractivity contribution in [1.82, 2.24) is 5.32 Å². The van der Waals surface area contributed by atoms with Gasteiger partial charge in [0, 0.05) is 7.11 Å². The van der Waals surface area contributed by atoms with E-state index in [0.29, 0.717) is 0 Å². The largest absolute Gasteiger partial charge is 0.431 e. The average Bonchev–Trinajstić information content (AvgIpc) is 2.17. The Bertz CT molecular complexity index is 31.8. The normalized spacial score (nSPS) is 17.6. The molecule has 0 saturated carbocycles. The first-order valence-corrected chi connectivity index (χ1v) is 3.84. The summed E-state index contributed by atoms with van der Waals surface area (Å²) in [5.41, 5.74) is 0. The quantitative estimate of drug-likeness (QED) is 0.441. The molecule has 0 atom stereocenters. The molecule has 0 aromatic heterocycles. The minimum Gasteiger partial charge on any atom is -0.431 e. The lowest BCUT2D eigenvalue weighted by Crippen LogP contribution is -2.03. The minimum atomic E-state index is 0.869. The third kappa shape index (κ3) is 6.14. The first-order valence-electron chi connectivity index (χ1n) is 3.02. The van der Waals surface area contributed by atoms with Gasteiger partial charge in [-0.2, -0.15) is 0 Å². The Kier molecular flexibility index (Phi) is 7.26. The van der Waals surface area contributed by atoms with Crippen LogP contribution in [0.5, 0.6) is 0 Å². The standard InChI is InChI=1S/C4H9N.CH6OSi/c1-2-4-5-3-1;1-2-3/h5H,1-4H2;1,3H3. The van der Waals surface area contributed by atoms with E-state index >= 15 is 0 Å². The Morgan fingerprint density at radius 1 is 1.38 bits per heavy atom. The maximum atomic E-state index is 4.39. The molecule has 0 aromatic carbocycles. The Balaban J connectivity index is 0.000000145. The van der Waals surface area contributed by atoms with Crippen molar-refractivity contribution in [3.63, 3.8) is 0 Å². The Hall–Kier alpha value is 0.137. The summed E-state index contributed by atoms with van der Waals surface area (Å²) in [6, 6.07) is 0. The van der Waals surface area contributed by atoms with Crippen molar-refractivity contribution >= 4 is 10.5 Å². The summed E-state index contributed by atoms with van der Waals surface area (Å²) >= 11 is 0. The van der Waals surface area contributed by atoms with Crippen molar-refractivity contribution in [3.8, 4) is 0 Å². The monoisotopic (exact) mass is 133 g/mol. The van der Waals surface area contributed by atoms with Crippen LogP contribution in [0.15, 0.2) is 0 Å². The van der Waals surface area contributed by atoms with Crippen LogP contribution in [0, 0.1) is 0 Å². The lowest BCUT2D eigenvalue weighted by molar-refractivity contribution is 0.460. The molecule has 0 aromatic rings. The van der Waals surface area contributed by atoms with Gasteiger partial charge < -0.3 is 9.74 Å². The zero-order valence-corrected chi connectivity index (χ0v) is 7.74. The van der Waals surface area contributed by atoms with Crippen LogP contribution in [0.4, 0.5) is 0 Å². The van der Waals surface area contributed by atoms with Gasteiger partial charge in [-0.15, -0.1) is 0 Å². The lowest BCUT2D eigenvalue weighted by Gasteiger charge is -1.76. The molecule has 1 saturated heterocycles. The molecular formula is C5H15NOSi. The summed E-state index contributed by atoms with van der Waals surface area (Å²) in [4.78, 5) is 0. The maximum absolute atomic E-state index is 4.39. The summed E-state index contributed by atoms with van der Waals surface area (Å²) in [6.07, 6.45) is 2.78. The summed E-state index contributed by atoms with van der Waals surface area (Å²) in [7, 11) is 2.56. The van der Waals surface area contributed by atoms with Crippen molar-refractivity contribution in [2.75, 3.05) is 20.2 Å². The Morgan fingerprint density at radius 3 is 1.88 bits per heavy atom. The van der Waals surface area contributed by atoms with Crippen LogP contribution in [0.2, 0.25) is 0 Å². The predicted molar refractivity (Wildman–Crippen MR) is 39.1 cm³/mol. The van der Waals surface area contributed by atoms with Gasteiger partial charge in [-0.25, -0.2) is 0 Å². The number of rotatable bonds is 0. The smallest absolute Gasteiger partial charge is 0.145 e. The third-order valence-corrected chi connectivity index (χ3v) is 0.957. The van der Waals surface area contributed by atoms with Crippen LogP contribution in [-0.2, 0) is 4.43 Å². The van der Waals surface area contributed by atoms with Crippen LogP contribution >= 0.6 is 0 Å². The molecule has 50 valence electrons. The van der Waals surface area contributed by atoms with Gasteiger partial charge in [0.25, 0.3) is 0 Å². The zero-order valence-electron chi connectivity index (χ0n) is 5.74. The molecule has 0 bridgehead atoms. The molecular weight excluding hydrogens is 118 g/mol. The van der Waals surface area contributed by atoms with E-state index in [0.717, 1.165) is 10.5 Å². The van der Waals surface area contributed by atoms with Gasteiger partial charge in [0.2, 0.25) is 0 Å². The second kappa shape index (κ2) is 7.14. The molecule has 1 N–H and O–H groups in total. The third-order valence-electron chi connectivity index (χ3n) is 0.957. The second-order valence-electron chi connectivity index (χ2n) is 1.87.